The van der Waals surface area contributed by atoms with Crippen molar-refractivity contribution in [3.05, 3.63) is 83.6 Å². The number of carbonyl (C=O) groups excluding carboxylic acids is 2. The van der Waals surface area contributed by atoms with Crippen molar-refractivity contribution in [3.8, 4) is 0 Å². The summed E-state index contributed by atoms with van der Waals surface area (Å²) in [5.41, 5.74) is 0.146. The number of methoxy groups -OCH3 is 1. The van der Waals surface area contributed by atoms with Gasteiger partial charge in [-0.3, -0.25) is 4.79 Å². The van der Waals surface area contributed by atoms with E-state index in [0.29, 0.717) is 29.7 Å². The molecule has 5 heteroatoms. The summed E-state index contributed by atoms with van der Waals surface area (Å²) in [6.07, 6.45) is 2.17. The van der Waals surface area contributed by atoms with Gasteiger partial charge in [-0.25, -0.2) is 4.79 Å². The van der Waals surface area contributed by atoms with Crippen LogP contribution >= 0.6 is 0 Å². The number of ketones is 1. The number of hydrogen-bond donors (Lipinski definition) is 1. The number of ether oxygens (including phenoxy) is 1. The Kier molecular flexibility index (Phi) is 5.95. The first-order valence-electron chi connectivity index (χ1n) is 9.32. The summed E-state index contributed by atoms with van der Waals surface area (Å²) in [7, 11) is 3.16. The highest BCUT2D eigenvalue weighted by Gasteiger charge is 2.44. The summed E-state index contributed by atoms with van der Waals surface area (Å²) in [5.74, 6) is -1.49. The lowest BCUT2D eigenvalue weighted by Gasteiger charge is -2.39. The van der Waals surface area contributed by atoms with Crippen LogP contribution in [-0.4, -0.2) is 42.5 Å². The maximum Gasteiger partial charge on any atom is 0.335 e. The minimum absolute atomic E-state index is 0.0934. The molecule has 5 nitrogen and oxygen atoms in total. The van der Waals surface area contributed by atoms with Crippen molar-refractivity contribution in [1.82, 2.24) is 4.90 Å². The molecule has 0 bridgehead atoms. The molecule has 1 N–H and O–H groups in total. The van der Waals surface area contributed by atoms with Gasteiger partial charge in [0.1, 0.15) is 5.60 Å². The molecule has 146 valence electrons. The van der Waals surface area contributed by atoms with Crippen LogP contribution in [-0.2, 0) is 15.1 Å². The Morgan fingerprint density at radius 2 is 1.68 bits per heavy atom. The molecule has 3 rings (SSSR count). The number of hydrogen-bond acceptors (Lipinski definition) is 5. The van der Waals surface area contributed by atoms with E-state index in [1.807, 2.05) is 48.3 Å². The van der Waals surface area contributed by atoms with Crippen molar-refractivity contribution in [3.63, 3.8) is 0 Å². The maximum absolute atomic E-state index is 13.4. The van der Waals surface area contributed by atoms with Gasteiger partial charge in [0.15, 0.2) is 5.78 Å². The number of rotatable bonds is 4. The van der Waals surface area contributed by atoms with Crippen LogP contribution in [0.1, 0.15) is 28.8 Å². The average molecular weight is 379 g/mol. The van der Waals surface area contributed by atoms with Gasteiger partial charge in [0.25, 0.3) is 0 Å². The van der Waals surface area contributed by atoms with Gasteiger partial charge in [-0.05, 0) is 18.4 Å². The fourth-order valence-corrected chi connectivity index (χ4v) is 3.75. The average Bonchev–Trinajstić information content (AvgIpc) is 2.74. The number of aliphatic hydroxyl groups is 1. The molecule has 0 amide bonds. The van der Waals surface area contributed by atoms with E-state index in [-0.39, 0.29) is 12.2 Å². The Bertz CT molecular complexity index is 863. The van der Waals surface area contributed by atoms with Crippen molar-refractivity contribution in [1.29, 1.82) is 0 Å². The molecule has 1 aliphatic rings. The van der Waals surface area contributed by atoms with Gasteiger partial charge in [-0.2, -0.15) is 0 Å². The third-order valence-corrected chi connectivity index (χ3v) is 5.32. The second-order valence-corrected chi connectivity index (χ2v) is 7.15. The lowest BCUT2D eigenvalue weighted by atomic mass is 9.71. The van der Waals surface area contributed by atoms with E-state index in [1.54, 1.807) is 30.5 Å². The van der Waals surface area contributed by atoms with Gasteiger partial charge in [-0.15, -0.1) is 0 Å². The highest BCUT2D eigenvalue weighted by Crippen LogP contribution is 2.40. The molecule has 0 radical (unpaired) electrons. The van der Waals surface area contributed by atoms with Crippen molar-refractivity contribution in [2.75, 3.05) is 20.7 Å². The summed E-state index contributed by atoms with van der Waals surface area (Å²) in [5, 5.41) is 11.8. The Morgan fingerprint density at radius 1 is 1.07 bits per heavy atom. The van der Waals surface area contributed by atoms with Gasteiger partial charge in [0.05, 0.1) is 18.6 Å². The van der Waals surface area contributed by atoms with E-state index < -0.39 is 17.5 Å². The first-order chi connectivity index (χ1) is 13.5. The molecule has 0 saturated heterocycles. The minimum Gasteiger partial charge on any atom is -0.466 e. The van der Waals surface area contributed by atoms with Crippen LogP contribution < -0.4 is 0 Å². The van der Waals surface area contributed by atoms with E-state index >= 15 is 0 Å². The zero-order valence-corrected chi connectivity index (χ0v) is 16.2. The Labute approximate surface area is 165 Å². The monoisotopic (exact) mass is 379 g/mol. The largest absolute Gasteiger partial charge is 0.466 e. The molecule has 28 heavy (non-hydrogen) atoms. The molecule has 0 aromatic heterocycles. The van der Waals surface area contributed by atoms with E-state index in [0.717, 1.165) is 0 Å². The maximum atomic E-state index is 13.4. The number of benzene rings is 2. The highest BCUT2D eigenvalue weighted by molar-refractivity contribution is 6.00. The molecule has 0 aliphatic carbocycles. The Morgan fingerprint density at radius 3 is 2.29 bits per heavy atom. The van der Waals surface area contributed by atoms with Crippen molar-refractivity contribution < 1.29 is 19.4 Å². The second kappa shape index (κ2) is 8.40. The van der Waals surface area contributed by atoms with E-state index in [2.05, 4.69) is 0 Å². The van der Waals surface area contributed by atoms with Crippen LogP contribution in [0, 0.1) is 5.92 Å². The summed E-state index contributed by atoms with van der Waals surface area (Å²) in [6, 6.07) is 18.1. The van der Waals surface area contributed by atoms with Crippen LogP contribution in [0.3, 0.4) is 0 Å². The van der Waals surface area contributed by atoms with Gasteiger partial charge < -0.3 is 14.7 Å². The molecule has 0 saturated carbocycles. The zero-order valence-electron chi connectivity index (χ0n) is 16.2. The second-order valence-electron chi connectivity index (χ2n) is 7.15. The van der Waals surface area contributed by atoms with Crippen LogP contribution in [0.15, 0.2) is 72.4 Å². The first-order valence-corrected chi connectivity index (χ1v) is 9.32. The lowest BCUT2D eigenvalue weighted by molar-refractivity contribution is -0.136. The van der Waals surface area contributed by atoms with Crippen LogP contribution in [0.25, 0.3) is 0 Å². The molecule has 2 atom stereocenters. The van der Waals surface area contributed by atoms with Gasteiger partial charge in [0, 0.05) is 25.4 Å². The van der Waals surface area contributed by atoms with Gasteiger partial charge >= 0.3 is 5.97 Å². The van der Waals surface area contributed by atoms with Crippen LogP contribution in [0.5, 0.6) is 0 Å². The predicted octanol–water partition coefficient (Wildman–Crippen LogP) is 3.16. The molecule has 1 heterocycles. The quantitative estimate of drug-likeness (QED) is 0.653. The van der Waals surface area contributed by atoms with E-state index in [9.17, 15) is 14.7 Å². The summed E-state index contributed by atoms with van der Waals surface area (Å²) >= 11 is 0. The summed E-state index contributed by atoms with van der Waals surface area (Å²) < 4.78 is 4.92. The molecule has 2 aromatic carbocycles. The Balaban J connectivity index is 2.12. The summed E-state index contributed by atoms with van der Waals surface area (Å²) in [4.78, 5) is 27.6. The van der Waals surface area contributed by atoms with Gasteiger partial charge in [0.2, 0.25) is 0 Å². The fourth-order valence-electron chi connectivity index (χ4n) is 3.75. The third-order valence-electron chi connectivity index (χ3n) is 5.32. The third kappa shape index (κ3) is 3.99. The van der Waals surface area contributed by atoms with Crippen LogP contribution in [0.4, 0.5) is 0 Å². The topological polar surface area (TPSA) is 66.8 Å². The molecular formula is C23H25NO4. The van der Waals surface area contributed by atoms with E-state index in [1.165, 1.54) is 7.11 Å². The number of esters is 1. The summed E-state index contributed by atoms with van der Waals surface area (Å²) in [6.45, 7) is 0.491. The number of Topliss-reactive ketones (excluding diaryl/α,β-unsaturated/α-hetero) is 1. The fraction of sp³-hybridized carbons (Fsp3) is 0.304. The number of nitrogens with zero attached hydrogens (tertiary/aromatic N) is 1. The molecule has 2 aromatic rings. The molecule has 1 aliphatic heterocycles. The molecule has 0 spiro atoms. The van der Waals surface area contributed by atoms with Crippen molar-refractivity contribution in [2.45, 2.75) is 18.4 Å². The standard InChI is InChI=1S/C23H25NO4/c1-24-14-13-23(27,19-11-7-4-8-12-19)20(15-18(16-24)22(26)28-2)21(25)17-9-5-3-6-10-17/h3-12,16,20,27H,13-15H2,1-2H3/b18-16+. The zero-order chi connectivity index (χ0) is 20.1. The SMILES string of the molecule is COC(=O)/C1=C/N(C)CCC(O)(c2ccccc2)C(C(=O)c2ccccc2)C1. The molecular weight excluding hydrogens is 354 g/mol. The van der Waals surface area contributed by atoms with Crippen LogP contribution in [0.2, 0.25) is 0 Å². The molecule has 0 fully saturated rings. The minimum atomic E-state index is -1.41. The van der Waals surface area contributed by atoms with Crippen molar-refractivity contribution >= 4 is 11.8 Å². The van der Waals surface area contributed by atoms with E-state index in [4.69, 9.17) is 4.74 Å². The normalized spacial score (nSPS) is 24.5. The first kappa shape index (κ1) is 19.8. The van der Waals surface area contributed by atoms with Crippen molar-refractivity contribution in [2.24, 2.45) is 5.92 Å². The lowest BCUT2D eigenvalue weighted by Crippen LogP contribution is -2.44. The smallest absolute Gasteiger partial charge is 0.335 e. The highest BCUT2D eigenvalue weighted by atomic mass is 16.5. The van der Waals surface area contributed by atoms with Gasteiger partial charge in [-0.1, -0.05) is 60.7 Å². The predicted molar refractivity (Wildman–Crippen MR) is 107 cm³/mol. The number of carbonyl (C=O) groups is 2. The molecule has 2 unspecified atom stereocenters. The Hall–Kier alpha value is -2.92.